The number of fused-ring (bicyclic) bond motifs is 1. The molecule has 0 radical (unpaired) electrons. The monoisotopic (exact) mass is 461 g/mol. The van der Waals surface area contributed by atoms with Crippen LogP contribution in [0.25, 0.3) is 0 Å². The summed E-state index contributed by atoms with van der Waals surface area (Å²) < 4.78 is 21.3. The lowest BCUT2D eigenvalue weighted by molar-refractivity contribution is -0.129. The van der Waals surface area contributed by atoms with Crippen LogP contribution in [0.3, 0.4) is 0 Å². The second kappa shape index (κ2) is 9.05. The van der Waals surface area contributed by atoms with Crippen molar-refractivity contribution in [3.8, 4) is 5.75 Å². The first-order valence-electron chi connectivity index (χ1n) is 10.7. The highest BCUT2D eigenvalue weighted by atomic mass is 19.1. The van der Waals surface area contributed by atoms with Gasteiger partial charge in [0.2, 0.25) is 5.91 Å². The van der Waals surface area contributed by atoms with Crippen LogP contribution < -0.4 is 10.1 Å². The maximum atomic E-state index is 16.1. The van der Waals surface area contributed by atoms with Gasteiger partial charge in [0.05, 0.1) is 29.5 Å². The molecule has 0 bridgehead atoms. The van der Waals surface area contributed by atoms with Crippen molar-refractivity contribution < 1.29 is 23.5 Å². The third-order valence-electron chi connectivity index (χ3n) is 5.80. The van der Waals surface area contributed by atoms with E-state index in [1.54, 1.807) is 62.5 Å². The average molecular weight is 461 g/mol. The highest BCUT2D eigenvalue weighted by molar-refractivity contribution is 6.23. The van der Waals surface area contributed by atoms with Crippen LogP contribution in [0.5, 0.6) is 5.75 Å². The molecule has 1 N–H and O–H groups in total. The van der Waals surface area contributed by atoms with E-state index in [-0.39, 0.29) is 16.7 Å². The number of halogens is 1. The topological polar surface area (TPSA) is 88.6 Å². The van der Waals surface area contributed by atoms with Crippen LogP contribution in [0, 0.1) is 0 Å². The maximum absolute atomic E-state index is 16.1. The molecule has 2 heterocycles. The summed E-state index contributed by atoms with van der Waals surface area (Å²) >= 11 is 0. The number of alkyl halides is 1. The van der Waals surface area contributed by atoms with Crippen molar-refractivity contribution in [2.24, 2.45) is 0 Å². The second-order valence-electron chi connectivity index (χ2n) is 8.48. The van der Waals surface area contributed by atoms with E-state index >= 15 is 4.39 Å². The fourth-order valence-electron chi connectivity index (χ4n) is 4.02. The van der Waals surface area contributed by atoms with Crippen LogP contribution in [-0.2, 0) is 10.3 Å². The van der Waals surface area contributed by atoms with E-state index in [2.05, 4.69) is 10.3 Å². The van der Waals surface area contributed by atoms with Gasteiger partial charge in [-0.1, -0.05) is 30.3 Å². The number of nitrogens with one attached hydrogen (secondary N) is 1. The smallest absolute Gasteiger partial charge is 0.262 e. The van der Waals surface area contributed by atoms with Gasteiger partial charge < -0.3 is 10.1 Å². The lowest BCUT2D eigenvalue weighted by Crippen LogP contribution is -2.55. The molecular weight excluding hydrogens is 437 g/mol. The minimum Gasteiger partial charge on any atom is -0.497 e. The minimum absolute atomic E-state index is 0.103. The van der Waals surface area contributed by atoms with Crippen LogP contribution in [0.4, 0.5) is 4.39 Å². The van der Waals surface area contributed by atoms with Crippen molar-refractivity contribution in [3.63, 3.8) is 0 Å². The highest BCUT2D eigenvalue weighted by Crippen LogP contribution is 2.34. The molecule has 0 saturated heterocycles. The van der Waals surface area contributed by atoms with E-state index in [1.165, 1.54) is 31.4 Å². The molecule has 1 aromatic heterocycles. The minimum atomic E-state index is -2.00. The molecule has 2 aromatic carbocycles. The number of aromatic nitrogens is 1. The second-order valence-corrected chi connectivity index (χ2v) is 8.48. The van der Waals surface area contributed by atoms with Crippen LogP contribution in [-0.4, -0.2) is 40.8 Å². The van der Waals surface area contributed by atoms with Gasteiger partial charge in [0.15, 0.2) is 12.2 Å². The normalized spacial score (nSPS) is 15.0. The van der Waals surface area contributed by atoms with Crippen molar-refractivity contribution in [2.75, 3.05) is 7.11 Å². The van der Waals surface area contributed by atoms with Gasteiger partial charge in [0.1, 0.15) is 5.75 Å². The van der Waals surface area contributed by atoms with Gasteiger partial charge >= 0.3 is 0 Å². The van der Waals surface area contributed by atoms with E-state index in [0.717, 1.165) is 0 Å². The predicted octanol–water partition coefficient (Wildman–Crippen LogP) is 3.82. The van der Waals surface area contributed by atoms with Gasteiger partial charge in [0.25, 0.3) is 11.8 Å². The molecule has 0 unspecified atom stereocenters. The number of amides is 3. The molecule has 8 heteroatoms. The van der Waals surface area contributed by atoms with Gasteiger partial charge in [-0.15, -0.1) is 0 Å². The Kier molecular flexibility index (Phi) is 6.15. The van der Waals surface area contributed by atoms with E-state index < -0.39 is 35.5 Å². The number of nitrogens with zero attached hydrogens (tertiary/aromatic N) is 2. The number of imide groups is 1. The lowest BCUT2D eigenvalue weighted by atomic mass is 9.96. The number of hydrogen-bond acceptors (Lipinski definition) is 5. The fourth-order valence-corrected chi connectivity index (χ4v) is 4.02. The molecule has 0 saturated carbocycles. The third kappa shape index (κ3) is 4.14. The van der Waals surface area contributed by atoms with E-state index in [1.807, 2.05) is 0 Å². The quantitative estimate of drug-likeness (QED) is 0.541. The zero-order chi connectivity index (χ0) is 24.5. The van der Waals surface area contributed by atoms with Crippen LogP contribution in [0.15, 0.2) is 72.9 Å². The molecule has 0 aliphatic carbocycles. The van der Waals surface area contributed by atoms with Gasteiger partial charge in [-0.2, -0.15) is 0 Å². The number of benzene rings is 2. The summed E-state index contributed by atoms with van der Waals surface area (Å²) in [5.41, 5.74) is -0.0872. The fraction of sp³-hybridized carbons (Fsp3) is 0.231. The summed E-state index contributed by atoms with van der Waals surface area (Å²) in [5.74, 6) is -1.88. The Morgan fingerprint density at radius 3 is 2.24 bits per heavy atom. The Bertz CT molecular complexity index is 1210. The number of pyridine rings is 1. The summed E-state index contributed by atoms with van der Waals surface area (Å²) in [6.45, 7) is 3.43. The van der Waals surface area contributed by atoms with Crippen molar-refractivity contribution in [2.45, 2.75) is 31.6 Å². The van der Waals surface area contributed by atoms with E-state index in [0.29, 0.717) is 16.3 Å². The molecule has 1 aliphatic rings. The summed E-state index contributed by atoms with van der Waals surface area (Å²) in [6.07, 6.45) is -0.420. The van der Waals surface area contributed by atoms with Gasteiger partial charge in [-0.25, -0.2) is 4.39 Å². The first-order valence-corrected chi connectivity index (χ1v) is 10.7. The maximum Gasteiger partial charge on any atom is 0.262 e. The van der Waals surface area contributed by atoms with E-state index in [9.17, 15) is 14.4 Å². The number of carbonyl (C=O) groups excluding carboxylic acids is 3. The zero-order valence-corrected chi connectivity index (χ0v) is 19.0. The molecular formula is C26H24FN3O4. The number of rotatable bonds is 7. The van der Waals surface area contributed by atoms with Crippen LogP contribution in [0.2, 0.25) is 0 Å². The van der Waals surface area contributed by atoms with Crippen molar-refractivity contribution in [1.29, 1.82) is 0 Å². The van der Waals surface area contributed by atoms with E-state index in [4.69, 9.17) is 4.74 Å². The van der Waals surface area contributed by atoms with Crippen LogP contribution in [0.1, 0.15) is 52.0 Å². The van der Waals surface area contributed by atoms with Gasteiger partial charge in [0, 0.05) is 6.20 Å². The average Bonchev–Trinajstić information content (AvgIpc) is 3.10. The number of carbonyl (C=O) groups is 3. The molecule has 1 aliphatic heterocycles. The molecule has 0 spiro atoms. The Morgan fingerprint density at radius 2 is 1.65 bits per heavy atom. The predicted molar refractivity (Wildman–Crippen MR) is 123 cm³/mol. The standard InChI is InChI=1S/C26H24FN3O4/c1-26(2,20-13-6-7-14-28-20)29-23(31)22(21(27)16-9-8-10-17(15-16)34-3)30-24(32)18-11-4-5-12-19(18)25(30)33/h4-15,21-22H,1-3H3,(H,29,31)/t21-,22-/m0/s1. The van der Waals surface area contributed by atoms with Crippen molar-refractivity contribution >= 4 is 17.7 Å². The largest absolute Gasteiger partial charge is 0.497 e. The first-order chi connectivity index (χ1) is 16.2. The van der Waals surface area contributed by atoms with Gasteiger partial charge in [-0.05, 0) is 55.8 Å². The molecule has 2 atom stereocenters. The molecule has 3 amide bonds. The Morgan fingerprint density at radius 1 is 1.00 bits per heavy atom. The number of methoxy groups -OCH3 is 1. The summed E-state index contributed by atoms with van der Waals surface area (Å²) in [4.78, 5) is 44.9. The molecule has 0 fully saturated rings. The molecule has 34 heavy (non-hydrogen) atoms. The molecule has 174 valence electrons. The Labute approximate surface area is 196 Å². The summed E-state index contributed by atoms with van der Waals surface area (Å²) in [5, 5.41) is 2.78. The zero-order valence-electron chi connectivity index (χ0n) is 19.0. The Hall–Kier alpha value is -4.07. The lowest BCUT2D eigenvalue weighted by Gasteiger charge is -2.33. The van der Waals surface area contributed by atoms with Crippen LogP contribution >= 0.6 is 0 Å². The molecule has 4 rings (SSSR count). The number of ether oxygens (including phenoxy) is 1. The number of hydrogen-bond donors (Lipinski definition) is 1. The highest BCUT2D eigenvalue weighted by Gasteiger charge is 2.48. The van der Waals surface area contributed by atoms with Crippen molar-refractivity contribution in [1.82, 2.24) is 15.2 Å². The molecule has 3 aromatic rings. The summed E-state index contributed by atoms with van der Waals surface area (Å²) in [7, 11) is 1.44. The van der Waals surface area contributed by atoms with Gasteiger partial charge in [-0.3, -0.25) is 24.3 Å². The van der Waals surface area contributed by atoms with Crippen molar-refractivity contribution in [3.05, 3.63) is 95.3 Å². The summed E-state index contributed by atoms with van der Waals surface area (Å²) in [6, 6.07) is 15.8. The molecule has 7 nitrogen and oxygen atoms in total. The first kappa shape index (κ1) is 23.1. The Balaban J connectivity index is 1.75. The SMILES string of the molecule is COc1cccc([C@H](F)[C@@H](C(=O)NC(C)(C)c2ccccn2)N2C(=O)c3ccccc3C2=O)c1. The third-order valence-corrected chi connectivity index (χ3v) is 5.80.